The summed E-state index contributed by atoms with van der Waals surface area (Å²) in [6, 6.07) is 66.7. The normalized spacial score (nSPS) is 11.8. The highest BCUT2D eigenvalue weighted by Crippen LogP contribution is 2.50. The van der Waals surface area contributed by atoms with E-state index in [0.29, 0.717) is 0 Å². The summed E-state index contributed by atoms with van der Waals surface area (Å²) in [6.45, 7) is 0. The van der Waals surface area contributed by atoms with Crippen molar-refractivity contribution in [1.29, 1.82) is 0 Å². The molecule has 0 radical (unpaired) electrons. The van der Waals surface area contributed by atoms with Crippen LogP contribution in [0.4, 0.5) is 17.1 Å². The third-order valence-corrected chi connectivity index (χ3v) is 12.8. The molecular weight excluding hydrogens is 669 g/mol. The number of nitrogens with zero attached hydrogens (tertiary/aromatic N) is 2. The maximum atomic E-state index is 2.53. The molecule has 0 unspecified atom stereocenters. The lowest BCUT2D eigenvalue weighted by Crippen LogP contribution is -2.11. The average Bonchev–Trinajstić information content (AvgIpc) is 3.89. The van der Waals surface area contributed by atoms with Gasteiger partial charge in [0.15, 0.2) is 0 Å². The van der Waals surface area contributed by atoms with Crippen LogP contribution in [-0.4, -0.2) is 4.57 Å². The van der Waals surface area contributed by atoms with E-state index in [4.69, 9.17) is 0 Å². The molecule has 0 aliphatic carbocycles. The minimum atomic E-state index is 1.13. The molecule has 52 heavy (non-hydrogen) atoms. The number of aromatic nitrogens is 1. The van der Waals surface area contributed by atoms with Gasteiger partial charge in [0.25, 0.3) is 0 Å². The Morgan fingerprint density at radius 1 is 0.365 bits per heavy atom. The Kier molecular flexibility index (Phi) is 6.63. The first-order valence-corrected chi connectivity index (χ1v) is 19.2. The zero-order valence-electron chi connectivity index (χ0n) is 28.0. The molecule has 2 nitrogen and oxygen atoms in total. The quantitative estimate of drug-likeness (QED) is 0.174. The summed E-state index contributed by atoms with van der Waals surface area (Å²) in [7, 11) is 0. The molecule has 0 bridgehead atoms. The number of fused-ring (bicyclic) bond motifs is 9. The average molecular weight is 699 g/mol. The number of thiophene rings is 2. The van der Waals surface area contributed by atoms with E-state index in [9.17, 15) is 0 Å². The van der Waals surface area contributed by atoms with Gasteiger partial charge in [0.1, 0.15) is 0 Å². The van der Waals surface area contributed by atoms with E-state index in [2.05, 4.69) is 191 Å². The molecule has 0 saturated carbocycles. The summed E-state index contributed by atoms with van der Waals surface area (Å²) in [4.78, 5) is 2.53. The highest BCUT2D eigenvalue weighted by atomic mass is 32.1. The van der Waals surface area contributed by atoms with Crippen molar-refractivity contribution >= 4 is 102 Å². The zero-order valence-corrected chi connectivity index (χ0v) is 29.7. The summed E-state index contributed by atoms with van der Waals surface area (Å²) in [5.41, 5.74) is 9.44. The van der Waals surface area contributed by atoms with Crippen molar-refractivity contribution in [2.24, 2.45) is 0 Å². The van der Waals surface area contributed by atoms with Crippen molar-refractivity contribution in [3.05, 3.63) is 182 Å². The Labute approximate surface area is 308 Å². The highest BCUT2D eigenvalue weighted by Gasteiger charge is 2.24. The number of hydrogen-bond acceptors (Lipinski definition) is 3. The molecule has 11 aromatic rings. The highest BCUT2D eigenvalue weighted by molar-refractivity contribution is 7.27. The Balaban J connectivity index is 1.28. The van der Waals surface area contributed by atoms with Crippen LogP contribution in [0.25, 0.3) is 79.0 Å². The third kappa shape index (κ3) is 4.48. The molecule has 8 aromatic carbocycles. The molecule has 11 rings (SSSR count). The maximum Gasteiger partial charge on any atom is 0.0661 e. The molecule has 3 heterocycles. The van der Waals surface area contributed by atoms with Gasteiger partial charge in [-0.15, -0.1) is 22.7 Å². The summed E-state index contributed by atoms with van der Waals surface area (Å²) in [5, 5.41) is 7.66. The lowest BCUT2D eigenvalue weighted by atomic mass is 10.0. The van der Waals surface area contributed by atoms with E-state index in [1.807, 2.05) is 22.7 Å². The summed E-state index contributed by atoms with van der Waals surface area (Å²) in [5.74, 6) is 0. The number of benzene rings is 8. The van der Waals surface area contributed by atoms with E-state index in [1.165, 1.54) is 84.7 Å². The topological polar surface area (TPSA) is 8.17 Å². The summed E-state index contributed by atoms with van der Waals surface area (Å²) < 4.78 is 7.60. The number of rotatable bonds is 5. The largest absolute Gasteiger partial charge is 0.309 e. The fraction of sp³-hybridized carbons (Fsp3) is 0. The first-order valence-electron chi connectivity index (χ1n) is 17.6. The molecule has 0 spiro atoms. The van der Waals surface area contributed by atoms with Crippen molar-refractivity contribution in [2.75, 3.05) is 4.90 Å². The van der Waals surface area contributed by atoms with Gasteiger partial charge in [0.2, 0.25) is 0 Å². The minimum Gasteiger partial charge on any atom is -0.309 e. The van der Waals surface area contributed by atoms with Gasteiger partial charge in [0.05, 0.1) is 31.8 Å². The third-order valence-electron chi connectivity index (χ3n) is 10.4. The van der Waals surface area contributed by atoms with Crippen LogP contribution in [-0.2, 0) is 0 Å². The Morgan fingerprint density at radius 3 is 1.62 bits per heavy atom. The van der Waals surface area contributed by atoms with Gasteiger partial charge < -0.3 is 9.47 Å². The molecule has 0 atom stereocenters. The molecule has 0 aliphatic rings. The minimum absolute atomic E-state index is 1.13. The SMILES string of the molecule is c1ccc(-c2cccc(N(c3cccc4c3sc3ccccc34)c3cc(-n4c5ccccc5c5ccccc54)cc4c3sc3ccccc34)c2)cc1. The van der Waals surface area contributed by atoms with Crippen molar-refractivity contribution < 1.29 is 0 Å². The predicted molar refractivity (Wildman–Crippen MR) is 227 cm³/mol. The van der Waals surface area contributed by atoms with Crippen LogP contribution in [0.3, 0.4) is 0 Å². The van der Waals surface area contributed by atoms with Gasteiger partial charge >= 0.3 is 0 Å². The van der Waals surface area contributed by atoms with Gasteiger partial charge in [-0.3, -0.25) is 0 Å². The van der Waals surface area contributed by atoms with Crippen LogP contribution < -0.4 is 4.90 Å². The standard InChI is InChI=1S/C48H30N2S2/c1-2-14-31(15-3-1)32-16-12-17-33(28-32)49(43-25-13-22-39-37-20-6-10-26-45(37)51-47(39)43)44-30-34(29-40-38-21-7-11-27-46(38)52-48(40)44)50-41-23-8-4-18-35(41)36-19-5-9-24-42(36)50/h1-30H. The molecule has 0 fully saturated rings. The predicted octanol–water partition coefficient (Wildman–Crippen LogP) is 14.7. The molecule has 0 N–H and O–H groups in total. The van der Waals surface area contributed by atoms with E-state index in [1.54, 1.807) is 0 Å². The number of para-hydroxylation sites is 2. The van der Waals surface area contributed by atoms with Crippen LogP contribution in [0.5, 0.6) is 0 Å². The van der Waals surface area contributed by atoms with Gasteiger partial charge in [-0.1, -0.05) is 127 Å². The van der Waals surface area contributed by atoms with E-state index in [-0.39, 0.29) is 0 Å². The molecular formula is C48H30N2S2. The second kappa shape index (κ2) is 11.7. The molecule has 244 valence electrons. The van der Waals surface area contributed by atoms with Gasteiger partial charge in [0, 0.05) is 53.1 Å². The number of anilines is 3. The van der Waals surface area contributed by atoms with Crippen molar-refractivity contribution in [3.63, 3.8) is 0 Å². The molecule has 0 aliphatic heterocycles. The van der Waals surface area contributed by atoms with E-state index >= 15 is 0 Å². The monoisotopic (exact) mass is 698 g/mol. The second-order valence-corrected chi connectivity index (χ2v) is 15.4. The Morgan fingerprint density at radius 2 is 0.904 bits per heavy atom. The van der Waals surface area contributed by atoms with E-state index in [0.717, 1.165) is 11.4 Å². The van der Waals surface area contributed by atoms with Crippen LogP contribution in [0.2, 0.25) is 0 Å². The summed E-state index contributed by atoms with van der Waals surface area (Å²) >= 11 is 3.76. The van der Waals surface area contributed by atoms with Crippen LogP contribution in [0.1, 0.15) is 0 Å². The fourth-order valence-corrected chi connectivity index (χ4v) is 10.5. The van der Waals surface area contributed by atoms with Gasteiger partial charge in [-0.2, -0.15) is 0 Å². The Hall–Kier alpha value is -6.20. The van der Waals surface area contributed by atoms with Crippen LogP contribution >= 0.6 is 22.7 Å². The number of hydrogen-bond donors (Lipinski definition) is 0. The smallest absolute Gasteiger partial charge is 0.0661 e. The molecule has 0 amide bonds. The van der Waals surface area contributed by atoms with Gasteiger partial charge in [-0.25, -0.2) is 0 Å². The Bertz CT molecular complexity index is 3090. The fourth-order valence-electron chi connectivity index (χ4n) is 8.06. The molecule has 0 saturated heterocycles. The van der Waals surface area contributed by atoms with Crippen molar-refractivity contribution in [1.82, 2.24) is 4.57 Å². The first-order chi connectivity index (χ1) is 25.8. The van der Waals surface area contributed by atoms with Crippen molar-refractivity contribution in [3.8, 4) is 16.8 Å². The second-order valence-electron chi connectivity index (χ2n) is 13.3. The molecule has 4 heteroatoms. The van der Waals surface area contributed by atoms with Crippen molar-refractivity contribution in [2.45, 2.75) is 0 Å². The first kappa shape index (κ1) is 29.5. The lowest BCUT2D eigenvalue weighted by molar-refractivity contribution is 1.18. The van der Waals surface area contributed by atoms with Crippen LogP contribution in [0, 0.1) is 0 Å². The zero-order chi connectivity index (χ0) is 34.2. The van der Waals surface area contributed by atoms with Crippen LogP contribution in [0.15, 0.2) is 182 Å². The van der Waals surface area contributed by atoms with Gasteiger partial charge in [-0.05, 0) is 65.7 Å². The molecule has 3 aromatic heterocycles. The van der Waals surface area contributed by atoms with E-state index < -0.39 is 0 Å². The lowest BCUT2D eigenvalue weighted by Gasteiger charge is -2.28. The maximum absolute atomic E-state index is 2.53. The summed E-state index contributed by atoms with van der Waals surface area (Å²) in [6.07, 6.45) is 0.